The largest absolute Gasteiger partial charge is 0.493 e. The number of methoxy groups -OCH3 is 1. The molecule has 0 aliphatic heterocycles. The van der Waals surface area contributed by atoms with E-state index in [2.05, 4.69) is 29.4 Å². The molecule has 1 N–H and O–H groups in total. The molecule has 0 atom stereocenters. The van der Waals surface area contributed by atoms with E-state index in [1.807, 2.05) is 35.9 Å². The van der Waals surface area contributed by atoms with Gasteiger partial charge in [0.25, 0.3) is 0 Å². The van der Waals surface area contributed by atoms with Crippen molar-refractivity contribution in [3.05, 3.63) is 65.3 Å². The van der Waals surface area contributed by atoms with E-state index in [1.54, 1.807) is 17.5 Å². The molecule has 8 nitrogen and oxygen atoms in total. The molecule has 4 rings (SSSR count). The summed E-state index contributed by atoms with van der Waals surface area (Å²) in [6.07, 6.45) is 0. The van der Waals surface area contributed by atoms with Crippen LogP contribution in [0.4, 0.5) is 9.39 Å². The number of thioether (sulfide) groups is 1. The van der Waals surface area contributed by atoms with Gasteiger partial charge in [0, 0.05) is 23.6 Å². The van der Waals surface area contributed by atoms with Gasteiger partial charge in [-0.25, -0.2) is 9.18 Å². The fraction of sp³-hybridized carbons (Fsp3) is 0.259. The van der Waals surface area contributed by atoms with Crippen LogP contribution in [0.25, 0.3) is 22.5 Å². The van der Waals surface area contributed by atoms with E-state index in [4.69, 9.17) is 9.47 Å². The zero-order valence-electron chi connectivity index (χ0n) is 21.4. The van der Waals surface area contributed by atoms with Crippen molar-refractivity contribution in [1.82, 2.24) is 14.8 Å². The fourth-order valence-electron chi connectivity index (χ4n) is 3.54. The number of benzene rings is 2. The third kappa shape index (κ3) is 6.40. The fourth-order valence-corrected chi connectivity index (χ4v) is 5.23. The number of nitrogens with one attached hydrogen (secondary N) is 1. The maximum Gasteiger partial charge on any atom is 0.341 e. The number of nitrogens with zero attached hydrogens (tertiary/aromatic N) is 3. The summed E-state index contributed by atoms with van der Waals surface area (Å²) >= 11 is 2.43. The van der Waals surface area contributed by atoms with E-state index in [0.717, 1.165) is 11.3 Å². The first-order valence-electron chi connectivity index (χ1n) is 11.8. The van der Waals surface area contributed by atoms with Gasteiger partial charge in [0.2, 0.25) is 5.91 Å². The molecule has 1 amide bonds. The number of hydrogen-bond donors (Lipinski definition) is 1. The van der Waals surface area contributed by atoms with E-state index in [1.165, 1.54) is 42.3 Å². The Bertz CT molecular complexity index is 1420. The van der Waals surface area contributed by atoms with Crippen molar-refractivity contribution in [2.45, 2.75) is 19.0 Å². The molecule has 0 saturated heterocycles. The molecule has 2 heterocycles. The molecule has 0 saturated carbocycles. The van der Waals surface area contributed by atoms with Crippen molar-refractivity contribution in [2.75, 3.05) is 24.8 Å². The van der Waals surface area contributed by atoms with Gasteiger partial charge in [0.1, 0.15) is 22.1 Å². The highest BCUT2D eigenvalue weighted by atomic mass is 32.2. The average Bonchev–Trinajstić information content (AvgIpc) is 3.49. The molecule has 0 fully saturated rings. The molecule has 0 bridgehead atoms. The van der Waals surface area contributed by atoms with Crippen LogP contribution in [-0.2, 0) is 16.6 Å². The second-order valence-electron chi connectivity index (χ2n) is 8.78. The summed E-state index contributed by atoms with van der Waals surface area (Å²) in [5.74, 6) is 0.661. The van der Waals surface area contributed by atoms with Crippen LogP contribution in [0.3, 0.4) is 0 Å². The Morgan fingerprint density at radius 1 is 1.08 bits per heavy atom. The number of rotatable bonds is 10. The van der Waals surface area contributed by atoms with Crippen LogP contribution in [0.5, 0.6) is 5.75 Å². The lowest BCUT2D eigenvalue weighted by Gasteiger charge is -2.09. The smallest absolute Gasteiger partial charge is 0.341 e. The Kier molecular flexibility index (Phi) is 8.80. The average molecular weight is 555 g/mol. The van der Waals surface area contributed by atoms with Crippen molar-refractivity contribution in [1.29, 1.82) is 0 Å². The number of carbonyl (C=O) groups excluding carboxylic acids is 2. The minimum atomic E-state index is -0.591. The number of thiophene rings is 1. The molecule has 0 aliphatic carbocycles. The highest BCUT2D eigenvalue weighted by Gasteiger charge is 2.23. The highest BCUT2D eigenvalue weighted by Crippen LogP contribution is 2.36. The molecule has 2 aromatic heterocycles. The van der Waals surface area contributed by atoms with Crippen molar-refractivity contribution >= 4 is 40.0 Å². The number of carbonyl (C=O) groups is 2. The summed E-state index contributed by atoms with van der Waals surface area (Å²) in [7, 11) is 3.11. The normalized spacial score (nSPS) is 11.0. The monoisotopic (exact) mass is 554 g/mol. The van der Waals surface area contributed by atoms with Gasteiger partial charge in [-0.2, -0.15) is 0 Å². The zero-order valence-corrected chi connectivity index (χ0v) is 23.0. The number of hydrogen-bond acceptors (Lipinski definition) is 8. The van der Waals surface area contributed by atoms with Crippen molar-refractivity contribution < 1.29 is 23.5 Å². The first-order valence-corrected chi connectivity index (χ1v) is 13.6. The summed E-state index contributed by atoms with van der Waals surface area (Å²) in [6, 6.07) is 13.4. The maximum absolute atomic E-state index is 13.4. The van der Waals surface area contributed by atoms with Crippen LogP contribution in [-0.4, -0.2) is 46.1 Å². The first kappa shape index (κ1) is 27.3. The van der Waals surface area contributed by atoms with E-state index < -0.39 is 5.97 Å². The second kappa shape index (κ2) is 12.2. The molecule has 198 valence electrons. The van der Waals surface area contributed by atoms with Gasteiger partial charge in [-0.05, 0) is 47.9 Å². The molecule has 0 radical (unpaired) electrons. The van der Waals surface area contributed by atoms with Gasteiger partial charge in [0.05, 0.1) is 19.5 Å². The minimum Gasteiger partial charge on any atom is -0.493 e. The van der Waals surface area contributed by atoms with Crippen LogP contribution in [0.2, 0.25) is 0 Å². The number of esters is 1. The Morgan fingerprint density at radius 3 is 2.42 bits per heavy atom. The standard InChI is InChI=1S/C27H27FN4O4S2/c1-16(2)13-36-20-11-7-18(8-12-20)24-30-31-27(32(24)3)38-15-22(33)29-25-23(26(34)35-4)21(14-37-25)17-5-9-19(28)10-6-17/h5-12,14,16H,13,15H2,1-4H3,(H,29,33). The van der Waals surface area contributed by atoms with Crippen LogP contribution in [0.15, 0.2) is 59.1 Å². The number of anilines is 1. The van der Waals surface area contributed by atoms with E-state index >= 15 is 0 Å². The van der Waals surface area contributed by atoms with Crippen molar-refractivity contribution in [2.24, 2.45) is 13.0 Å². The Labute approximate surface area is 228 Å². The number of halogens is 1. The van der Waals surface area contributed by atoms with Gasteiger partial charge >= 0.3 is 5.97 Å². The predicted octanol–water partition coefficient (Wildman–Crippen LogP) is 5.90. The molecule has 11 heteroatoms. The topological polar surface area (TPSA) is 95.3 Å². The lowest BCUT2D eigenvalue weighted by atomic mass is 10.0. The van der Waals surface area contributed by atoms with Crippen LogP contribution >= 0.6 is 23.1 Å². The lowest BCUT2D eigenvalue weighted by Crippen LogP contribution is -2.16. The summed E-state index contributed by atoms with van der Waals surface area (Å²) < 4.78 is 25.8. The predicted molar refractivity (Wildman–Crippen MR) is 147 cm³/mol. The Hall–Kier alpha value is -3.70. The van der Waals surface area contributed by atoms with E-state index in [0.29, 0.717) is 39.6 Å². The Balaban J connectivity index is 1.42. The summed E-state index contributed by atoms with van der Waals surface area (Å²) in [4.78, 5) is 25.3. The molecule has 0 aliphatic rings. The number of ether oxygens (including phenoxy) is 2. The van der Waals surface area contributed by atoms with Gasteiger partial charge in [0.15, 0.2) is 11.0 Å². The minimum absolute atomic E-state index is 0.0539. The van der Waals surface area contributed by atoms with E-state index in [9.17, 15) is 14.0 Å². The first-order chi connectivity index (χ1) is 18.3. The maximum atomic E-state index is 13.4. The molecular formula is C27H27FN4O4S2. The quantitative estimate of drug-likeness (QED) is 0.193. The number of aromatic nitrogens is 3. The Morgan fingerprint density at radius 2 is 1.76 bits per heavy atom. The van der Waals surface area contributed by atoms with Crippen LogP contribution in [0.1, 0.15) is 24.2 Å². The molecule has 4 aromatic rings. The van der Waals surface area contributed by atoms with Crippen molar-refractivity contribution in [3.63, 3.8) is 0 Å². The van der Waals surface area contributed by atoms with Crippen LogP contribution < -0.4 is 10.1 Å². The SMILES string of the molecule is COC(=O)c1c(-c2ccc(F)cc2)csc1NC(=O)CSc1nnc(-c2ccc(OCC(C)C)cc2)n1C. The molecule has 0 unspecified atom stereocenters. The van der Waals surface area contributed by atoms with E-state index in [-0.39, 0.29) is 23.0 Å². The molecule has 0 spiro atoms. The van der Waals surface area contributed by atoms with Gasteiger partial charge in [-0.15, -0.1) is 21.5 Å². The van der Waals surface area contributed by atoms with Gasteiger partial charge in [-0.1, -0.05) is 37.7 Å². The van der Waals surface area contributed by atoms with Crippen LogP contribution in [0, 0.1) is 11.7 Å². The molecule has 38 heavy (non-hydrogen) atoms. The van der Waals surface area contributed by atoms with Crippen molar-refractivity contribution in [3.8, 4) is 28.3 Å². The zero-order chi connectivity index (χ0) is 27.2. The number of amides is 1. The third-order valence-electron chi connectivity index (χ3n) is 5.45. The second-order valence-corrected chi connectivity index (χ2v) is 10.6. The molecular weight excluding hydrogens is 527 g/mol. The van der Waals surface area contributed by atoms with Gasteiger partial charge in [-0.3, -0.25) is 4.79 Å². The summed E-state index contributed by atoms with van der Waals surface area (Å²) in [5.41, 5.74) is 2.31. The molecule has 2 aromatic carbocycles. The summed E-state index contributed by atoms with van der Waals surface area (Å²) in [5, 5.41) is 14.0. The lowest BCUT2D eigenvalue weighted by molar-refractivity contribution is -0.113. The van der Waals surface area contributed by atoms with Gasteiger partial charge < -0.3 is 19.4 Å². The summed E-state index contributed by atoms with van der Waals surface area (Å²) in [6.45, 7) is 4.83. The third-order valence-corrected chi connectivity index (χ3v) is 7.37. The highest BCUT2D eigenvalue weighted by molar-refractivity contribution is 7.99.